The third-order valence-electron chi connectivity index (χ3n) is 5.29. The molecule has 32 heavy (non-hydrogen) atoms. The number of amides is 1. The second kappa shape index (κ2) is 10.2. The van der Waals surface area contributed by atoms with Crippen LogP contribution < -0.4 is 4.74 Å². The molecule has 1 saturated heterocycles. The Morgan fingerprint density at radius 3 is 2.38 bits per heavy atom. The van der Waals surface area contributed by atoms with E-state index in [0.717, 1.165) is 30.0 Å². The molecule has 1 amide bonds. The molecule has 6 nitrogen and oxygen atoms in total. The molecular weight excluding hydrogens is 438 g/mol. The highest BCUT2D eigenvalue weighted by atomic mass is 32.2. The quantitative estimate of drug-likeness (QED) is 0.544. The molecule has 0 saturated carbocycles. The molecule has 0 N–H and O–H groups in total. The number of carbonyl (C=O) groups is 2. The smallest absolute Gasteiger partial charge is 0.410 e. The maximum atomic E-state index is 14.3. The summed E-state index contributed by atoms with van der Waals surface area (Å²) in [5.41, 5.74) is -0.513. The number of halogens is 2. The predicted octanol–water partition coefficient (Wildman–Crippen LogP) is 5.10. The number of thioether (sulfide) groups is 1. The first-order valence-corrected chi connectivity index (χ1v) is 11.9. The van der Waals surface area contributed by atoms with Crippen molar-refractivity contribution in [2.75, 3.05) is 25.4 Å². The number of ether oxygens (including phenoxy) is 2. The van der Waals surface area contributed by atoms with Gasteiger partial charge in [-0.25, -0.2) is 13.6 Å². The summed E-state index contributed by atoms with van der Waals surface area (Å²) in [5.74, 6) is -1.63. The van der Waals surface area contributed by atoms with Crippen LogP contribution in [0.3, 0.4) is 0 Å². The highest BCUT2D eigenvalue weighted by Gasteiger charge is 2.32. The normalized spacial score (nSPS) is 19.6. The summed E-state index contributed by atoms with van der Waals surface area (Å²) in [6, 6.07) is 1.83. The lowest BCUT2D eigenvalue weighted by Gasteiger charge is -2.33. The average molecular weight is 469 g/mol. The molecule has 0 aromatic heterocycles. The number of ketones is 1. The van der Waals surface area contributed by atoms with Gasteiger partial charge in [-0.2, -0.15) is 0 Å². The molecule has 0 radical (unpaired) electrons. The molecular formula is C23H30F2N2O4S. The molecule has 0 bridgehead atoms. The molecule has 1 fully saturated rings. The summed E-state index contributed by atoms with van der Waals surface area (Å²) >= 11 is 1.63. The minimum absolute atomic E-state index is 0.00398. The standard InChI is InChI=1S/C23H30F2N2O4S/c1-5-19(28)15-10-17(24)20(18(25)11-15)30-12-16-13-32-21(26-16)14-6-8-27(9-7-14)22(29)31-23(2,3)4/h10-11,14,16H,5-9,12-13H2,1-4H3. The zero-order valence-corrected chi connectivity index (χ0v) is 19.8. The van der Waals surface area contributed by atoms with Crippen molar-refractivity contribution in [3.05, 3.63) is 29.3 Å². The molecule has 0 aliphatic carbocycles. The highest BCUT2D eigenvalue weighted by molar-refractivity contribution is 8.14. The first-order valence-electron chi connectivity index (χ1n) is 10.9. The Hall–Kier alpha value is -2.16. The first kappa shape index (κ1) is 24.5. The predicted molar refractivity (Wildman–Crippen MR) is 121 cm³/mol. The summed E-state index contributed by atoms with van der Waals surface area (Å²) in [6.45, 7) is 8.46. The number of Topliss-reactive ketones (excluding diaryl/α,β-unsaturated/α-hetero) is 1. The molecule has 1 atom stereocenters. The summed E-state index contributed by atoms with van der Waals surface area (Å²) in [5, 5.41) is 1.01. The molecule has 3 rings (SSSR count). The topological polar surface area (TPSA) is 68.2 Å². The third-order valence-corrected chi connectivity index (χ3v) is 6.58. The van der Waals surface area contributed by atoms with E-state index in [1.165, 1.54) is 0 Å². The van der Waals surface area contributed by atoms with Gasteiger partial charge < -0.3 is 14.4 Å². The summed E-state index contributed by atoms with van der Waals surface area (Å²) in [6.07, 6.45) is 1.48. The summed E-state index contributed by atoms with van der Waals surface area (Å²) in [7, 11) is 0. The fraction of sp³-hybridized carbons (Fsp3) is 0.609. The number of rotatable bonds is 6. The van der Waals surface area contributed by atoms with Gasteiger partial charge in [-0.15, -0.1) is 11.8 Å². The molecule has 176 valence electrons. The minimum Gasteiger partial charge on any atom is -0.485 e. The Morgan fingerprint density at radius 2 is 1.81 bits per heavy atom. The Balaban J connectivity index is 1.52. The Bertz CT molecular complexity index is 869. The third kappa shape index (κ3) is 6.21. The van der Waals surface area contributed by atoms with Crippen LogP contribution in [0.15, 0.2) is 17.1 Å². The number of hydrogen-bond acceptors (Lipinski definition) is 6. The van der Waals surface area contributed by atoms with Crippen molar-refractivity contribution in [1.29, 1.82) is 0 Å². The maximum Gasteiger partial charge on any atom is 0.410 e. The van der Waals surface area contributed by atoms with E-state index in [2.05, 4.69) is 0 Å². The number of piperidine rings is 1. The van der Waals surface area contributed by atoms with Crippen LogP contribution in [0.4, 0.5) is 13.6 Å². The van der Waals surface area contributed by atoms with E-state index in [1.54, 1.807) is 23.6 Å². The van der Waals surface area contributed by atoms with Gasteiger partial charge in [0.2, 0.25) is 0 Å². The van der Waals surface area contributed by atoms with Gasteiger partial charge in [0.25, 0.3) is 0 Å². The van der Waals surface area contributed by atoms with Gasteiger partial charge in [-0.3, -0.25) is 9.79 Å². The van der Waals surface area contributed by atoms with Crippen LogP contribution in [0.1, 0.15) is 57.3 Å². The average Bonchev–Trinajstić information content (AvgIpc) is 3.20. The second-order valence-corrected chi connectivity index (χ2v) is 10.1. The van der Waals surface area contributed by atoms with Crippen LogP contribution in [-0.2, 0) is 4.74 Å². The van der Waals surface area contributed by atoms with E-state index in [0.29, 0.717) is 18.8 Å². The largest absolute Gasteiger partial charge is 0.485 e. The van der Waals surface area contributed by atoms with E-state index in [9.17, 15) is 18.4 Å². The second-order valence-electron chi connectivity index (χ2n) is 9.03. The lowest BCUT2D eigenvalue weighted by atomic mass is 9.98. The zero-order valence-electron chi connectivity index (χ0n) is 19.0. The number of carbonyl (C=O) groups excluding carboxylic acids is 2. The summed E-state index contributed by atoms with van der Waals surface area (Å²) in [4.78, 5) is 30.3. The van der Waals surface area contributed by atoms with Crippen molar-refractivity contribution < 1.29 is 27.8 Å². The fourth-order valence-corrected chi connectivity index (χ4v) is 4.85. The van der Waals surface area contributed by atoms with E-state index >= 15 is 0 Å². The van der Waals surface area contributed by atoms with Crippen molar-refractivity contribution in [3.8, 4) is 5.75 Å². The molecule has 1 aromatic carbocycles. The van der Waals surface area contributed by atoms with Crippen LogP contribution in [0.2, 0.25) is 0 Å². The van der Waals surface area contributed by atoms with Crippen molar-refractivity contribution in [2.24, 2.45) is 10.9 Å². The molecule has 2 aliphatic rings. The highest BCUT2D eigenvalue weighted by Crippen LogP contribution is 2.31. The number of likely N-dealkylation sites (tertiary alicyclic amines) is 1. The molecule has 9 heteroatoms. The minimum atomic E-state index is -0.883. The van der Waals surface area contributed by atoms with Gasteiger partial charge in [0.15, 0.2) is 23.2 Å². The van der Waals surface area contributed by atoms with Gasteiger partial charge in [0.05, 0.1) is 11.1 Å². The zero-order chi connectivity index (χ0) is 23.5. The van der Waals surface area contributed by atoms with Crippen LogP contribution >= 0.6 is 11.8 Å². The van der Waals surface area contributed by atoms with Crippen molar-refractivity contribution in [2.45, 2.75) is 58.6 Å². The molecule has 2 heterocycles. The lowest BCUT2D eigenvalue weighted by molar-refractivity contribution is 0.0202. The molecule has 1 aromatic rings. The monoisotopic (exact) mass is 468 g/mol. The lowest BCUT2D eigenvalue weighted by Crippen LogP contribution is -2.42. The molecule has 2 aliphatic heterocycles. The van der Waals surface area contributed by atoms with Gasteiger partial charge >= 0.3 is 6.09 Å². The number of benzene rings is 1. The van der Waals surface area contributed by atoms with E-state index in [-0.39, 0.29) is 42.4 Å². The number of hydrogen-bond donors (Lipinski definition) is 0. The van der Waals surface area contributed by atoms with Crippen molar-refractivity contribution in [1.82, 2.24) is 4.90 Å². The maximum absolute atomic E-state index is 14.3. The number of nitrogens with zero attached hydrogens (tertiary/aromatic N) is 2. The first-order chi connectivity index (χ1) is 15.1. The van der Waals surface area contributed by atoms with Crippen LogP contribution in [-0.4, -0.2) is 58.9 Å². The van der Waals surface area contributed by atoms with E-state index < -0.39 is 23.0 Å². The van der Waals surface area contributed by atoms with Crippen molar-refractivity contribution >= 4 is 28.7 Å². The van der Waals surface area contributed by atoms with Gasteiger partial charge in [0.1, 0.15) is 12.2 Å². The van der Waals surface area contributed by atoms with Crippen LogP contribution in [0, 0.1) is 17.6 Å². The van der Waals surface area contributed by atoms with Gasteiger partial charge in [0, 0.05) is 36.7 Å². The Kier molecular flexibility index (Phi) is 7.79. The number of aliphatic imine (C=N–C) groups is 1. The Morgan fingerprint density at radius 1 is 1.19 bits per heavy atom. The van der Waals surface area contributed by atoms with Crippen molar-refractivity contribution in [3.63, 3.8) is 0 Å². The van der Waals surface area contributed by atoms with E-state index in [1.807, 2.05) is 20.8 Å². The summed E-state index contributed by atoms with van der Waals surface area (Å²) < 4.78 is 39.3. The van der Waals surface area contributed by atoms with Crippen LogP contribution in [0.25, 0.3) is 0 Å². The SMILES string of the molecule is CCC(=O)c1cc(F)c(OCC2CSC(C3CCN(C(=O)OC(C)(C)C)CC3)=N2)c(F)c1. The fourth-order valence-electron chi connectivity index (χ4n) is 3.62. The molecule has 1 unspecified atom stereocenters. The van der Waals surface area contributed by atoms with Gasteiger partial charge in [-0.1, -0.05) is 6.92 Å². The van der Waals surface area contributed by atoms with Crippen LogP contribution in [0.5, 0.6) is 5.75 Å². The van der Waals surface area contributed by atoms with Gasteiger partial charge in [-0.05, 0) is 45.7 Å². The molecule has 0 spiro atoms. The Labute approximate surface area is 191 Å². The van der Waals surface area contributed by atoms with E-state index in [4.69, 9.17) is 14.5 Å².